The highest BCUT2D eigenvalue weighted by molar-refractivity contribution is 6.06. The van der Waals surface area contributed by atoms with Gasteiger partial charge in [-0.2, -0.15) is 5.10 Å². The fourth-order valence-electron chi connectivity index (χ4n) is 4.53. The number of fused-ring (bicyclic) bond motifs is 1. The smallest absolute Gasteiger partial charge is 0.255 e. The predicted octanol–water partition coefficient (Wildman–Crippen LogP) is 4.79. The summed E-state index contributed by atoms with van der Waals surface area (Å²) < 4.78 is 1.81. The van der Waals surface area contributed by atoms with Gasteiger partial charge in [-0.05, 0) is 29.5 Å². The monoisotopic (exact) mass is 412 g/mol. The molecule has 0 radical (unpaired) electrons. The highest BCUT2D eigenvalue weighted by Crippen LogP contribution is 2.47. The van der Waals surface area contributed by atoms with Gasteiger partial charge in [-0.3, -0.25) is 9.59 Å². The lowest BCUT2D eigenvalue weighted by Crippen LogP contribution is -2.36. The minimum Gasteiger partial charge on any atom is -0.342 e. The number of Topliss-reactive ketones (excluding diaryl/α,β-unsaturated/α-hetero) is 1. The van der Waals surface area contributed by atoms with Crippen LogP contribution in [-0.2, 0) is 4.79 Å². The van der Waals surface area contributed by atoms with E-state index in [1.54, 1.807) is 18.3 Å². The first-order valence-corrected chi connectivity index (χ1v) is 10.4. The summed E-state index contributed by atoms with van der Waals surface area (Å²) in [6.45, 7) is 4.22. The molecule has 2 N–H and O–H groups in total. The number of aromatic nitrogens is 2. The Morgan fingerprint density at radius 2 is 1.74 bits per heavy atom. The second-order valence-corrected chi connectivity index (χ2v) is 8.94. The van der Waals surface area contributed by atoms with Crippen molar-refractivity contribution >= 4 is 23.2 Å². The Morgan fingerprint density at radius 1 is 1.06 bits per heavy atom. The van der Waals surface area contributed by atoms with Gasteiger partial charge in [-0.25, -0.2) is 4.68 Å². The molecule has 1 atom stereocenters. The Morgan fingerprint density at radius 3 is 2.45 bits per heavy atom. The van der Waals surface area contributed by atoms with Gasteiger partial charge in [0.1, 0.15) is 11.7 Å². The van der Waals surface area contributed by atoms with Gasteiger partial charge >= 0.3 is 0 Å². The SMILES string of the molecule is CC1(C)CC(=O)C2=C(C1)Nc1c(NC(=O)c3ccccc3)cnn1[C@H]2c1ccccc1. The molecule has 1 aromatic heterocycles. The standard InChI is InChI=1S/C25H24N4O2/c1-25(2)13-18-21(20(30)14-25)22(16-9-5-3-6-10-16)29-23(27-18)19(15-26-29)28-24(31)17-11-7-4-8-12-17/h3-12,15,22,27H,13-14H2,1-2H3,(H,28,31)/t22-/m0/s1. The molecular weight excluding hydrogens is 388 g/mol. The molecule has 31 heavy (non-hydrogen) atoms. The van der Waals surface area contributed by atoms with E-state index < -0.39 is 0 Å². The lowest BCUT2D eigenvalue weighted by atomic mass is 9.73. The van der Waals surface area contributed by atoms with Crippen molar-refractivity contribution in [3.05, 3.63) is 89.3 Å². The summed E-state index contributed by atoms with van der Waals surface area (Å²) in [6, 6.07) is 18.7. The second kappa shape index (κ2) is 7.23. The van der Waals surface area contributed by atoms with Crippen molar-refractivity contribution in [3.8, 4) is 0 Å². The number of carbonyl (C=O) groups is 2. The minimum absolute atomic E-state index is 0.125. The summed E-state index contributed by atoms with van der Waals surface area (Å²) in [5, 5.41) is 11.0. The van der Waals surface area contributed by atoms with E-state index in [4.69, 9.17) is 0 Å². The van der Waals surface area contributed by atoms with Crippen molar-refractivity contribution < 1.29 is 9.59 Å². The van der Waals surface area contributed by atoms with Gasteiger partial charge in [0, 0.05) is 23.3 Å². The van der Waals surface area contributed by atoms with Crippen molar-refractivity contribution in [2.75, 3.05) is 10.6 Å². The maximum atomic E-state index is 13.2. The molecule has 0 saturated carbocycles. The van der Waals surface area contributed by atoms with E-state index in [1.807, 2.05) is 53.2 Å². The van der Waals surface area contributed by atoms with E-state index >= 15 is 0 Å². The molecule has 0 fully saturated rings. The number of nitrogens with one attached hydrogen (secondary N) is 2. The maximum Gasteiger partial charge on any atom is 0.255 e. The average molecular weight is 412 g/mol. The van der Waals surface area contributed by atoms with E-state index in [-0.39, 0.29) is 23.1 Å². The van der Waals surface area contributed by atoms with Gasteiger partial charge in [-0.1, -0.05) is 62.4 Å². The van der Waals surface area contributed by atoms with Crippen molar-refractivity contribution in [3.63, 3.8) is 0 Å². The number of carbonyl (C=O) groups excluding carboxylic acids is 2. The fourth-order valence-corrected chi connectivity index (χ4v) is 4.53. The van der Waals surface area contributed by atoms with Crippen molar-refractivity contribution in [2.24, 2.45) is 5.41 Å². The number of nitrogens with zero attached hydrogens (tertiary/aromatic N) is 2. The zero-order chi connectivity index (χ0) is 21.6. The summed E-state index contributed by atoms with van der Waals surface area (Å²) in [5.74, 6) is 0.639. The van der Waals surface area contributed by atoms with Crippen LogP contribution in [0.1, 0.15) is 48.7 Å². The molecule has 2 heterocycles. The van der Waals surface area contributed by atoms with Crippen LogP contribution >= 0.6 is 0 Å². The Hall–Kier alpha value is -3.67. The number of benzene rings is 2. The van der Waals surface area contributed by atoms with E-state index in [1.165, 1.54) is 0 Å². The topological polar surface area (TPSA) is 76.0 Å². The second-order valence-electron chi connectivity index (χ2n) is 8.94. The van der Waals surface area contributed by atoms with E-state index in [0.29, 0.717) is 23.5 Å². The molecule has 1 amide bonds. The number of hydrogen-bond donors (Lipinski definition) is 2. The van der Waals surface area contributed by atoms with E-state index in [0.717, 1.165) is 23.3 Å². The van der Waals surface area contributed by atoms with Crippen LogP contribution in [0, 0.1) is 5.41 Å². The van der Waals surface area contributed by atoms with Gasteiger partial charge in [0.15, 0.2) is 11.6 Å². The largest absolute Gasteiger partial charge is 0.342 e. The van der Waals surface area contributed by atoms with E-state index in [2.05, 4.69) is 29.6 Å². The molecule has 0 bridgehead atoms. The quantitative estimate of drug-likeness (QED) is 0.648. The van der Waals surface area contributed by atoms with Crippen LogP contribution in [0.15, 0.2) is 78.1 Å². The highest BCUT2D eigenvalue weighted by Gasteiger charge is 2.41. The molecule has 6 heteroatoms. The first-order chi connectivity index (χ1) is 14.9. The van der Waals surface area contributed by atoms with Gasteiger partial charge in [-0.15, -0.1) is 0 Å². The maximum absolute atomic E-state index is 13.2. The zero-order valence-corrected chi connectivity index (χ0v) is 17.6. The number of amides is 1. The highest BCUT2D eigenvalue weighted by atomic mass is 16.1. The Balaban J connectivity index is 1.58. The molecule has 1 aliphatic heterocycles. The Kier molecular flexibility index (Phi) is 4.50. The average Bonchev–Trinajstić information content (AvgIpc) is 3.14. The predicted molar refractivity (Wildman–Crippen MR) is 120 cm³/mol. The van der Waals surface area contributed by atoms with Crippen molar-refractivity contribution in [2.45, 2.75) is 32.7 Å². The molecule has 3 aromatic rings. The number of rotatable bonds is 3. The Labute approximate surface area is 181 Å². The number of allylic oxidation sites excluding steroid dienone is 2. The lowest BCUT2D eigenvalue weighted by molar-refractivity contribution is -0.118. The third kappa shape index (κ3) is 3.44. The van der Waals surface area contributed by atoms with Gasteiger partial charge in [0.25, 0.3) is 5.91 Å². The van der Waals surface area contributed by atoms with Crippen LogP contribution in [0.25, 0.3) is 0 Å². The molecule has 5 rings (SSSR count). The minimum atomic E-state index is -0.321. The van der Waals surface area contributed by atoms with Crippen LogP contribution in [0.5, 0.6) is 0 Å². The molecular formula is C25H24N4O2. The van der Waals surface area contributed by atoms with Crippen LogP contribution < -0.4 is 10.6 Å². The summed E-state index contributed by atoms with van der Waals surface area (Å²) in [4.78, 5) is 25.9. The molecule has 0 saturated heterocycles. The van der Waals surface area contributed by atoms with Crippen LogP contribution in [0.2, 0.25) is 0 Å². The molecule has 0 spiro atoms. The van der Waals surface area contributed by atoms with Gasteiger partial charge in [0.2, 0.25) is 0 Å². The molecule has 1 aliphatic carbocycles. The van der Waals surface area contributed by atoms with Crippen LogP contribution in [-0.4, -0.2) is 21.5 Å². The number of anilines is 2. The number of ketones is 1. The third-order valence-corrected chi connectivity index (χ3v) is 5.90. The van der Waals surface area contributed by atoms with E-state index in [9.17, 15) is 9.59 Å². The summed E-state index contributed by atoms with van der Waals surface area (Å²) >= 11 is 0. The zero-order valence-electron chi connectivity index (χ0n) is 17.6. The molecule has 156 valence electrons. The van der Waals surface area contributed by atoms with Crippen LogP contribution in [0.3, 0.4) is 0 Å². The number of hydrogen-bond acceptors (Lipinski definition) is 4. The van der Waals surface area contributed by atoms with Gasteiger partial charge in [0.05, 0.1) is 6.20 Å². The first kappa shape index (κ1) is 19.3. The summed E-state index contributed by atoms with van der Waals surface area (Å²) in [7, 11) is 0. The van der Waals surface area contributed by atoms with Crippen LogP contribution in [0.4, 0.5) is 11.5 Å². The lowest BCUT2D eigenvalue weighted by Gasteiger charge is -2.39. The van der Waals surface area contributed by atoms with Crippen molar-refractivity contribution in [1.82, 2.24) is 9.78 Å². The van der Waals surface area contributed by atoms with Gasteiger partial charge < -0.3 is 10.6 Å². The normalized spacial score (nSPS) is 19.3. The third-order valence-electron chi connectivity index (χ3n) is 5.90. The molecule has 6 nitrogen and oxygen atoms in total. The molecule has 2 aliphatic rings. The summed E-state index contributed by atoms with van der Waals surface area (Å²) in [5.41, 5.74) is 3.72. The molecule has 2 aromatic carbocycles. The first-order valence-electron chi connectivity index (χ1n) is 10.4. The van der Waals surface area contributed by atoms with Crippen molar-refractivity contribution in [1.29, 1.82) is 0 Å². The Bertz CT molecular complexity index is 1190. The summed E-state index contributed by atoms with van der Waals surface area (Å²) in [6.07, 6.45) is 2.91. The molecule has 0 unspecified atom stereocenters. The fraction of sp³-hybridized carbons (Fsp3) is 0.240.